The highest BCUT2D eigenvalue weighted by Gasteiger charge is 2.17. The molecule has 1 aliphatic rings. The normalized spacial score (nSPS) is 13.9. The number of oxazole rings is 1. The lowest BCUT2D eigenvalue weighted by molar-refractivity contribution is -0.664. The van der Waals surface area contributed by atoms with Crippen LogP contribution in [0.5, 0.6) is 17.2 Å². The molecule has 0 aliphatic carbocycles. The van der Waals surface area contributed by atoms with E-state index in [4.69, 9.17) is 25.5 Å². The van der Waals surface area contributed by atoms with E-state index >= 15 is 0 Å². The molecule has 10 heteroatoms. The van der Waals surface area contributed by atoms with Gasteiger partial charge >= 0.3 is 0 Å². The number of hydrogen-bond acceptors (Lipinski definition) is 7. The largest absolute Gasteiger partial charge is 0.492 e. The fraction of sp³-hybridized carbons (Fsp3) is 0.269. The topological polar surface area (TPSA) is 115 Å². The SMILES string of the molecule is CNC(=O)c1cc(Oc2ccc3oc(Nc4ccc(Cl)c(OCC5CC[NH2+]CC5)c4)nc3c2)ccn1. The van der Waals surface area contributed by atoms with Crippen molar-refractivity contribution in [1.29, 1.82) is 0 Å². The van der Waals surface area contributed by atoms with Crippen LogP contribution >= 0.6 is 11.6 Å². The van der Waals surface area contributed by atoms with Crippen molar-refractivity contribution in [2.75, 3.05) is 32.1 Å². The Kier molecular flexibility index (Phi) is 7.20. The predicted octanol–water partition coefficient (Wildman–Crippen LogP) is 4.12. The fourth-order valence-electron chi connectivity index (χ4n) is 4.07. The molecule has 1 fully saturated rings. The zero-order valence-electron chi connectivity index (χ0n) is 19.8. The second-order valence-corrected chi connectivity index (χ2v) is 9.00. The summed E-state index contributed by atoms with van der Waals surface area (Å²) in [6, 6.07) is 14.4. The summed E-state index contributed by atoms with van der Waals surface area (Å²) >= 11 is 6.36. The molecule has 2 aromatic carbocycles. The summed E-state index contributed by atoms with van der Waals surface area (Å²) in [5.74, 6) is 1.95. The Morgan fingerprint density at radius 1 is 1.14 bits per heavy atom. The number of halogens is 1. The number of nitrogens with two attached hydrogens (primary N) is 1. The molecule has 186 valence electrons. The van der Waals surface area contributed by atoms with Gasteiger partial charge in [0.25, 0.3) is 11.9 Å². The molecule has 36 heavy (non-hydrogen) atoms. The number of hydrogen-bond donors (Lipinski definition) is 3. The Bertz CT molecular complexity index is 1370. The van der Waals surface area contributed by atoms with Crippen LogP contribution in [0.15, 0.2) is 59.1 Å². The van der Waals surface area contributed by atoms with Gasteiger partial charge in [0, 0.05) is 55.9 Å². The monoisotopic (exact) mass is 508 g/mol. The molecule has 1 amide bonds. The minimum Gasteiger partial charge on any atom is -0.492 e. The first-order valence-corrected chi connectivity index (χ1v) is 12.2. The number of nitrogens with zero attached hydrogens (tertiary/aromatic N) is 2. The molecule has 1 saturated heterocycles. The van der Waals surface area contributed by atoms with Gasteiger partial charge in [-0.25, -0.2) is 0 Å². The molecule has 4 N–H and O–H groups in total. The summed E-state index contributed by atoms with van der Waals surface area (Å²) in [7, 11) is 1.55. The second-order valence-electron chi connectivity index (χ2n) is 8.60. The highest BCUT2D eigenvalue weighted by molar-refractivity contribution is 6.32. The molecule has 0 radical (unpaired) electrons. The Hall–Kier alpha value is -3.82. The standard InChI is InChI=1S/C26H26ClN5O4/c1-28-25(33)22-14-19(8-11-30-22)35-18-3-5-23-21(13-18)32-26(36-23)31-17-2-4-20(27)24(12-17)34-15-16-6-9-29-10-7-16/h2-5,8,11-14,16,29H,6-7,9-10,15H2,1H3,(H,28,33)(H,31,32)/p+1. The van der Waals surface area contributed by atoms with Crippen molar-refractivity contribution < 1.29 is 24.0 Å². The van der Waals surface area contributed by atoms with Crippen molar-refractivity contribution in [1.82, 2.24) is 15.3 Å². The number of anilines is 2. The molecule has 0 saturated carbocycles. The number of rotatable bonds is 8. The maximum Gasteiger partial charge on any atom is 0.300 e. The van der Waals surface area contributed by atoms with Crippen LogP contribution in [-0.4, -0.2) is 42.6 Å². The van der Waals surface area contributed by atoms with Gasteiger partial charge < -0.3 is 29.8 Å². The Morgan fingerprint density at radius 2 is 1.97 bits per heavy atom. The van der Waals surface area contributed by atoms with Crippen LogP contribution in [0, 0.1) is 5.92 Å². The lowest BCUT2D eigenvalue weighted by atomic mass is 9.99. The molecule has 4 aromatic rings. The van der Waals surface area contributed by atoms with E-state index < -0.39 is 0 Å². The fourth-order valence-corrected chi connectivity index (χ4v) is 4.24. The van der Waals surface area contributed by atoms with E-state index in [1.807, 2.05) is 12.1 Å². The van der Waals surface area contributed by atoms with Gasteiger partial charge in [-0.3, -0.25) is 9.78 Å². The minimum absolute atomic E-state index is 0.271. The van der Waals surface area contributed by atoms with Gasteiger partial charge in [-0.15, -0.1) is 0 Å². The molecule has 0 atom stereocenters. The van der Waals surface area contributed by atoms with Gasteiger partial charge in [0.15, 0.2) is 5.58 Å². The molecular weight excluding hydrogens is 482 g/mol. The molecule has 5 rings (SSSR count). The van der Waals surface area contributed by atoms with E-state index in [0.29, 0.717) is 51.9 Å². The van der Waals surface area contributed by atoms with Crippen molar-refractivity contribution in [3.8, 4) is 17.2 Å². The molecule has 3 heterocycles. The Balaban J connectivity index is 1.27. The number of piperidine rings is 1. The van der Waals surface area contributed by atoms with Crippen LogP contribution in [-0.2, 0) is 0 Å². The first kappa shape index (κ1) is 23.9. The first-order chi connectivity index (χ1) is 17.6. The number of fused-ring (bicyclic) bond motifs is 1. The summed E-state index contributed by atoms with van der Waals surface area (Å²) in [5, 5.41) is 8.63. The van der Waals surface area contributed by atoms with Crippen LogP contribution in [0.25, 0.3) is 11.1 Å². The Morgan fingerprint density at radius 3 is 2.81 bits per heavy atom. The second kappa shape index (κ2) is 10.8. The number of aromatic nitrogens is 2. The number of carbonyl (C=O) groups is 1. The van der Waals surface area contributed by atoms with Crippen LogP contribution in [0.4, 0.5) is 11.7 Å². The van der Waals surface area contributed by atoms with Gasteiger partial charge in [-0.1, -0.05) is 11.6 Å². The van der Waals surface area contributed by atoms with Crippen LogP contribution in [0.1, 0.15) is 23.3 Å². The zero-order chi connectivity index (χ0) is 24.9. The van der Waals surface area contributed by atoms with E-state index in [1.165, 1.54) is 6.20 Å². The maximum absolute atomic E-state index is 11.8. The van der Waals surface area contributed by atoms with Crippen molar-refractivity contribution in [3.05, 3.63) is 65.4 Å². The van der Waals surface area contributed by atoms with Crippen LogP contribution < -0.4 is 25.4 Å². The van der Waals surface area contributed by atoms with Gasteiger partial charge in [-0.05, 0) is 30.3 Å². The zero-order valence-corrected chi connectivity index (χ0v) is 20.5. The van der Waals surface area contributed by atoms with Gasteiger partial charge in [0.2, 0.25) is 0 Å². The average molecular weight is 509 g/mol. The van der Waals surface area contributed by atoms with Gasteiger partial charge in [0.1, 0.15) is 28.5 Å². The number of benzene rings is 2. The van der Waals surface area contributed by atoms with E-state index in [-0.39, 0.29) is 11.6 Å². The number of amides is 1. The molecule has 1 aliphatic heterocycles. The number of pyridine rings is 1. The van der Waals surface area contributed by atoms with Crippen molar-refractivity contribution >= 4 is 40.3 Å². The van der Waals surface area contributed by atoms with E-state index in [1.54, 1.807) is 43.4 Å². The number of carbonyl (C=O) groups excluding carboxylic acids is 1. The summed E-state index contributed by atoms with van der Waals surface area (Å²) < 4.78 is 17.8. The highest BCUT2D eigenvalue weighted by Crippen LogP contribution is 2.32. The van der Waals surface area contributed by atoms with E-state index in [9.17, 15) is 4.79 Å². The molecule has 0 bridgehead atoms. The molecule has 0 spiro atoms. The number of quaternary nitrogens is 1. The minimum atomic E-state index is -0.286. The molecular formula is C26H27ClN5O4+. The third-order valence-electron chi connectivity index (χ3n) is 6.00. The van der Waals surface area contributed by atoms with Gasteiger partial charge in [0.05, 0.1) is 24.7 Å². The summed E-state index contributed by atoms with van der Waals surface area (Å²) in [6.07, 6.45) is 3.83. The number of ether oxygens (including phenoxy) is 2. The predicted molar refractivity (Wildman–Crippen MR) is 136 cm³/mol. The third kappa shape index (κ3) is 5.69. The smallest absolute Gasteiger partial charge is 0.300 e. The lowest BCUT2D eigenvalue weighted by Crippen LogP contribution is -2.86. The first-order valence-electron chi connectivity index (χ1n) is 11.8. The van der Waals surface area contributed by atoms with Crippen molar-refractivity contribution in [2.24, 2.45) is 5.92 Å². The van der Waals surface area contributed by atoms with Gasteiger partial charge in [-0.2, -0.15) is 4.98 Å². The third-order valence-corrected chi connectivity index (χ3v) is 6.31. The highest BCUT2D eigenvalue weighted by atomic mass is 35.5. The molecule has 9 nitrogen and oxygen atoms in total. The quantitative estimate of drug-likeness (QED) is 0.328. The van der Waals surface area contributed by atoms with Crippen LogP contribution in [0.3, 0.4) is 0 Å². The van der Waals surface area contributed by atoms with E-state index in [0.717, 1.165) is 31.6 Å². The van der Waals surface area contributed by atoms with Crippen molar-refractivity contribution in [3.63, 3.8) is 0 Å². The maximum atomic E-state index is 11.8. The Labute approximate surface area is 213 Å². The summed E-state index contributed by atoms with van der Waals surface area (Å²) in [6.45, 7) is 2.95. The summed E-state index contributed by atoms with van der Waals surface area (Å²) in [4.78, 5) is 20.4. The molecule has 0 unspecified atom stereocenters. The average Bonchev–Trinajstić information content (AvgIpc) is 3.30. The lowest BCUT2D eigenvalue weighted by Gasteiger charge is -2.21. The molecule has 2 aromatic heterocycles. The van der Waals surface area contributed by atoms with Crippen LogP contribution in [0.2, 0.25) is 5.02 Å². The number of nitrogens with one attached hydrogen (secondary N) is 2. The van der Waals surface area contributed by atoms with E-state index in [2.05, 4.69) is 25.9 Å². The summed E-state index contributed by atoms with van der Waals surface area (Å²) in [5.41, 5.74) is 2.25. The van der Waals surface area contributed by atoms with Crippen molar-refractivity contribution in [2.45, 2.75) is 12.8 Å².